The lowest BCUT2D eigenvalue weighted by molar-refractivity contribution is -0.131. The van der Waals surface area contributed by atoms with Crippen molar-refractivity contribution < 1.29 is 14.7 Å². The monoisotopic (exact) mass is 360 g/mol. The van der Waals surface area contributed by atoms with Gasteiger partial charge in [0.15, 0.2) is 5.78 Å². The van der Waals surface area contributed by atoms with Crippen LogP contribution in [0.2, 0.25) is 0 Å². The molecule has 0 heterocycles. The third kappa shape index (κ3) is 4.44. The summed E-state index contributed by atoms with van der Waals surface area (Å²) in [4.78, 5) is 22.1. The van der Waals surface area contributed by atoms with E-state index in [0.29, 0.717) is 22.9 Å². The molecule has 0 fully saturated rings. The highest BCUT2D eigenvalue weighted by atomic mass is 79.9. The SMILES string of the molecule is O=C(O)/C=C/c1ccc(Br)c(C(=O)CCBr)c1. The maximum absolute atomic E-state index is 11.8. The fourth-order valence-corrected chi connectivity index (χ4v) is 2.08. The van der Waals surface area contributed by atoms with Crippen LogP contribution < -0.4 is 0 Å². The zero-order chi connectivity index (χ0) is 12.8. The van der Waals surface area contributed by atoms with E-state index in [1.807, 2.05) is 0 Å². The maximum Gasteiger partial charge on any atom is 0.328 e. The van der Waals surface area contributed by atoms with Crippen LogP contribution in [0.25, 0.3) is 6.08 Å². The molecule has 0 aliphatic rings. The molecular formula is C12H10Br2O3. The topological polar surface area (TPSA) is 54.4 Å². The molecule has 1 aromatic carbocycles. The molecule has 1 N–H and O–H groups in total. The van der Waals surface area contributed by atoms with Gasteiger partial charge < -0.3 is 5.11 Å². The Hall–Kier alpha value is -0.940. The quantitative estimate of drug-likeness (QED) is 0.496. The van der Waals surface area contributed by atoms with E-state index in [4.69, 9.17) is 5.11 Å². The second-order valence-corrected chi connectivity index (χ2v) is 4.92. The Morgan fingerprint density at radius 3 is 2.65 bits per heavy atom. The van der Waals surface area contributed by atoms with Crippen LogP contribution >= 0.6 is 31.9 Å². The summed E-state index contributed by atoms with van der Waals surface area (Å²) in [6.45, 7) is 0. The first kappa shape index (κ1) is 14.1. The number of aliphatic carboxylic acids is 1. The molecule has 3 nitrogen and oxygen atoms in total. The predicted octanol–water partition coefficient (Wildman–Crippen LogP) is 3.51. The summed E-state index contributed by atoms with van der Waals surface area (Å²) in [6.07, 6.45) is 2.91. The van der Waals surface area contributed by atoms with Crippen LogP contribution in [-0.4, -0.2) is 22.2 Å². The Balaban J connectivity index is 3.02. The minimum Gasteiger partial charge on any atom is -0.478 e. The number of carboxylic acids is 1. The number of Topliss-reactive ketones (excluding diaryl/α,β-unsaturated/α-hetero) is 1. The maximum atomic E-state index is 11.8. The van der Waals surface area contributed by atoms with Crippen LogP contribution in [0.4, 0.5) is 0 Å². The molecule has 90 valence electrons. The van der Waals surface area contributed by atoms with E-state index in [1.165, 1.54) is 6.08 Å². The zero-order valence-electron chi connectivity index (χ0n) is 8.82. The van der Waals surface area contributed by atoms with Gasteiger partial charge in [-0.15, -0.1) is 0 Å². The Morgan fingerprint density at radius 1 is 1.35 bits per heavy atom. The molecule has 0 saturated heterocycles. The number of rotatable bonds is 5. The molecule has 0 aromatic heterocycles. The van der Waals surface area contributed by atoms with Crippen LogP contribution in [-0.2, 0) is 4.79 Å². The molecule has 0 aliphatic carbocycles. The van der Waals surface area contributed by atoms with Crippen molar-refractivity contribution in [3.05, 3.63) is 39.9 Å². The molecule has 0 unspecified atom stereocenters. The van der Waals surface area contributed by atoms with Gasteiger partial charge in [-0.25, -0.2) is 4.79 Å². The molecule has 0 atom stereocenters. The van der Waals surface area contributed by atoms with Gasteiger partial charge >= 0.3 is 5.97 Å². The van der Waals surface area contributed by atoms with E-state index >= 15 is 0 Å². The molecule has 0 spiro atoms. The van der Waals surface area contributed by atoms with Gasteiger partial charge in [-0.2, -0.15) is 0 Å². The predicted molar refractivity (Wildman–Crippen MR) is 73.6 cm³/mol. The second-order valence-electron chi connectivity index (χ2n) is 3.27. The van der Waals surface area contributed by atoms with E-state index in [-0.39, 0.29) is 5.78 Å². The lowest BCUT2D eigenvalue weighted by atomic mass is 10.1. The number of benzene rings is 1. The molecule has 0 aliphatic heterocycles. The highest BCUT2D eigenvalue weighted by molar-refractivity contribution is 9.10. The van der Waals surface area contributed by atoms with Crippen LogP contribution in [0, 0.1) is 0 Å². The van der Waals surface area contributed by atoms with Gasteiger partial charge in [0, 0.05) is 27.9 Å². The highest BCUT2D eigenvalue weighted by Gasteiger charge is 2.09. The molecule has 5 heteroatoms. The van der Waals surface area contributed by atoms with E-state index in [0.717, 1.165) is 10.5 Å². The molecular weight excluding hydrogens is 352 g/mol. The van der Waals surface area contributed by atoms with E-state index < -0.39 is 5.97 Å². The van der Waals surface area contributed by atoms with Crippen LogP contribution in [0.15, 0.2) is 28.7 Å². The van der Waals surface area contributed by atoms with Gasteiger partial charge in [0.1, 0.15) is 0 Å². The van der Waals surface area contributed by atoms with Crippen LogP contribution in [0.1, 0.15) is 22.3 Å². The lowest BCUT2D eigenvalue weighted by Gasteiger charge is -2.03. The van der Waals surface area contributed by atoms with E-state index in [9.17, 15) is 9.59 Å². The van der Waals surface area contributed by atoms with Crippen LogP contribution in [0.3, 0.4) is 0 Å². The van der Waals surface area contributed by atoms with Crippen molar-refractivity contribution in [3.63, 3.8) is 0 Å². The molecule has 0 saturated carbocycles. The lowest BCUT2D eigenvalue weighted by Crippen LogP contribution is -2.01. The van der Waals surface area contributed by atoms with Crippen LogP contribution in [0.5, 0.6) is 0 Å². The van der Waals surface area contributed by atoms with Crippen molar-refractivity contribution in [1.82, 2.24) is 0 Å². The molecule has 0 radical (unpaired) electrons. The summed E-state index contributed by atoms with van der Waals surface area (Å²) < 4.78 is 0.718. The highest BCUT2D eigenvalue weighted by Crippen LogP contribution is 2.21. The fraction of sp³-hybridized carbons (Fsp3) is 0.167. The van der Waals surface area contributed by atoms with E-state index in [1.54, 1.807) is 18.2 Å². The van der Waals surface area contributed by atoms with E-state index in [2.05, 4.69) is 31.9 Å². The summed E-state index contributed by atoms with van der Waals surface area (Å²) in [5.74, 6) is -0.999. The summed E-state index contributed by atoms with van der Waals surface area (Å²) in [6, 6.07) is 5.16. The standard InChI is InChI=1S/C12H10Br2O3/c13-6-5-11(15)9-7-8(1-3-10(9)14)2-4-12(16)17/h1-4,7H,5-6H2,(H,16,17)/b4-2+. The van der Waals surface area contributed by atoms with Crippen molar-refractivity contribution in [1.29, 1.82) is 0 Å². The number of alkyl halides is 1. The van der Waals surface area contributed by atoms with Crippen molar-refractivity contribution in [3.8, 4) is 0 Å². The minimum absolute atomic E-state index is 0.0133. The molecule has 1 aromatic rings. The normalized spacial score (nSPS) is 10.7. The van der Waals surface area contributed by atoms with Gasteiger partial charge in [0.25, 0.3) is 0 Å². The average Bonchev–Trinajstić information content (AvgIpc) is 2.28. The van der Waals surface area contributed by atoms with Crippen molar-refractivity contribution in [2.45, 2.75) is 6.42 Å². The summed E-state index contributed by atoms with van der Waals surface area (Å²) in [5, 5.41) is 9.13. The number of ketones is 1. The number of carboxylic acid groups (broad SMARTS) is 1. The zero-order valence-corrected chi connectivity index (χ0v) is 12.0. The van der Waals surface area contributed by atoms with Gasteiger partial charge in [-0.3, -0.25) is 4.79 Å². The fourth-order valence-electron chi connectivity index (χ4n) is 1.25. The second kappa shape index (κ2) is 6.71. The average molecular weight is 362 g/mol. The largest absolute Gasteiger partial charge is 0.478 e. The van der Waals surface area contributed by atoms with Gasteiger partial charge in [0.2, 0.25) is 0 Å². The summed E-state index contributed by atoms with van der Waals surface area (Å²) in [7, 11) is 0. The molecule has 0 amide bonds. The van der Waals surface area contributed by atoms with Gasteiger partial charge in [-0.05, 0) is 23.8 Å². The third-order valence-electron chi connectivity index (χ3n) is 2.03. The first-order chi connectivity index (χ1) is 8.04. The first-order valence-corrected chi connectivity index (χ1v) is 6.75. The Bertz CT molecular complexity index is 467. The number of carbonyl (C=O) groups excluding carboxylic acids is 1. The number of carbonyl (C=O) groups is 2. The molecule has 1 rings (SSSR count). The Labute approximate surface area is 116 Å². The minimum atomic E-state index is -1.01. The van der Waals surface area contributed by atoms with Crippen molar-refractivity contribution in [2.75, 3.05) is 5.33 Å². The summed E-state index contributed by atoms with van der Waals surface area (Å²) in [5.41, 5.74) is 1.26. The number of hydrogen-bond acceptors (Lipinski definition) is 2. The van der Waals surface area contributed by atoms with Gasteiger partial charge in [-0.1, -0.05) is 37.9 Å². The first-order valence-electron chi connectivity index (χ1n) is 4.84. The Kier molecular flexibility index (Phi) is 5.58. The number of halogens is 2. The smallest absolute Gasteiger partial charge is 0.328 e. The third-order valence-corrected chi connectivity index (χ3v) is 3.12. The van der Waals surface area contributed by atoms with Crippen molar-refractivity contribution in [2.24, 2.45) is 0 Å². The molecule has 0 bridgehead atoms. The summed E-state index contributed by atoms with van der Waals surface area (Å²) >= 11 is 6.52. The van der Waals surface area contributed by atoms with Gasteiger partial charge in [0.05, 0.1) is 0 Å². The molecule has 17 heavy (non-hydrogen) atoms. The number of hydrogen-bond donors (Lipinski definition) is 1. The Morgan fingerprint density at radius 2 is 2.06 bits per heavy atom. The van der Waals surface area contributed by atoms with Crippen molar-refractivity contribution >= 4 is 49.7 Å².